The lowest BCUT2D eigenvalue weighted by Gasteiger charge is -2.44. The first-order valence-corrected chi connectivity index (χ1v) is 11.5. The second-order valence-electron chi connectivity index (χ2n) is 8.74. The van der Waals surface area contributed by atoms with Gasteiger partial charge in [0.05, 0.1) is 38.5 Å². The second kappa shape index (κ2) is 10.5. The van der Waals surface area contributed by atoms with Gasteiger partial charge in [-0.2, -0.15) is 0 Å². The number of nitrogens with zero attached hydrogens (tertiary/aromatic N) is 2. The van der Waals surface area contributed by atoms with Crippen LogP contribution in [-0.2, 0) is 9.47 Å². The molecule has 2 aliphatic heterocycles. The minimum absolute atomic E-state index is 0.0134. The van der Waals surface area contributed by atoms with Crippen LogP contribution in [0, 0.1) is 0 Å². The van der Waals surface area contributed by atoms with Crippen molar-refractivity contribution in [1.29, 1.82) is 0 Å². The molecule has 2 unspecified atom stereocenters. The van der Waals surface area contributed by atoms with Crippen LogP contribution in [0.4, 0.5) is 0 Å². The van der Waals surface area contributed by atoms with Gasteiger partial charge in [-0.05, 0) is 17.0 Å². The molecular weight excluding hydrogens is 388 g/mol. The molecule has 0 spiro atoms. The fraction of sp³-hybridized carbons (Fsp3) is 0.500. The van der Waals surface area contributed by atoms with E-state index in [2.05, 4.69) is 60.0 Å². The van der Waals surface area contributed by atoms with Crippen LogP contribution in [0.1, 0.15) is 47.3 Å². The number of carbonyl (C=O) groups excluding carboxylic acids is 1. The van der Waals surface area contributed by atoms with E-state index in [0.29, 0.717) is 32.3 Å². The number of hydrogen-bond acceptors (Lipinski definition) is 5. The zero-order chi connectivity index (χ0) is 21.6. The topological polar surface area (TPSA) is 42.0 Å². The molecule has 0 saturated carbocycles. The molecule has 2 aliphatic rings. The molecule has 5 nitrogen and oxygen atoms in total. The molecule has 0 radical (unpaired) electrons. The molecule has 2 fully saturated rings. The molecule has 0 amide bonds. The normalized spacial score (nSPS) is 20.5. The van der Waals surface area contributed by atoms with Crippen LogP contribution < -0.4 is 0 Å². The number of ether oxygens (including phenoxy) is 2. The fourth-order valence-corrected chi connectivity index (χ4v) is 4.67. The van der Waals surface area contributed by atoms with Crippen molar-refractivity contribution in [3.63, 3.8) is 0 Å². The predicted molar refractivity (Wildman–Crippen MR) is 123 cm³/mol. The summed E-state index contributed by atoms with van der Waals surface area (Å²) < 4.78 is 11.3. The fourth-order valence-electron chi connectivity index (χ4n) is 4.67. The maximum atomic E-state index is 14.0. The predicted octanol–water partition coefficient (Wildman–Crippen LogP) is 3.77. The average Bonchev–Trinajstić information content (AvgIpc) is 2.84. The van der Waals surface area contributed by atoms with Crippen molar-refractivity contribution in [3.8, 4) is 0 Å². The molecule has 0 N–H and O–H groups in total. The highest BCUT2D eigenvalue weighted by atomic mass is 16.5. The lowest BCUT2D eigenvalue weighted by molar-refractivity contribution is -0.0301. The molecule has 0 bridgehead atoms. The molecule has 4 rings (SSSR count). The van der Waals surface area contributed by atoms with Gasteiger partial charge >= 0.3 is 0 Å². The molecule has 2 saturated heterocycles. The van der Waals surface area contributed by atoms with Gasteiger partial charge in [0.15, 0.2) is 5.78 Å². The van der Waals surface area contributed by atoms with Crippen molar-refractivity contribution in [3.05, 3.63) is 71.3 Å². The number of ketones is 1. The summed E-state index contributed by atoms with van der Waals surface area (Å²) in [6.07, 6.45) is 0. The highest BCUT2D eigenvalue weighted by Crippen LogP contribution is 2.31. The van der Waals surface area contributed by atoms with Crippen molar-refractivity contribution in [2.75, 3.05) is 52.6 Å². The number of benzene rings is 2. The Bertz CT molecular complexity index is 825. The van der Waals surface area contributed by atoms with Crippen molar-refractivity contribution >= 4 is 5.78 Å². The number of Topliss-reactive ketones (excluding diaryl/α,β-unsaturated/α-hetero) is 1. The third kappa shape index (κ3) is 5.24. The van der Waals surface area contributed by atoms with E-state index >= 15 is 0 Å². The third-order valence-electron chi connectivity index (χ3n) is 6.45. The third-order valence-corrected chi connectivity index (χ3v) is 6.45. The van der Waals surface area contributed by atoms with Crippen molar-refractivity contribution in [1.82, 2.24) is 9.80 Å². The summed E-state index contributed by atoms with van der Waals surface area (Å²) in [7, 11) is 0. The van der Waals surface area contributed by atoms with Crippen LogP contribution in [0.3, 0.4) is 0 Å². The Kier molecular flexibility index (Phi) is 7.51. The smallest absolute Gasteiger partial charge is 0.181 e. The summed E-state index contributed by atoms with van der Waals surface area (Å²) in [5, 5.41) is 0. The van der Waals surface area contributed by atoms with Crippen LogP contribution in [0.15, 0.2) is 54.6 Å². The van der Waals surface area contributed by atoms with Crippen LogP contribution >= 0.6 is 0 Å². The quantitative estimate of drug-likeness (QED) is 0.636. The molecular formula is C26H34N2O3. The van der Waals surface area contributed by atoms with Crippen molar-refractivity contribution in [2.45, 2.75) is 31.8 Å². The number of rotatable bonds is 7. The highest BCUT2D eigenvalue weighted by molar-refractivity contribution is 6.00. The maximum absolute atomic E-state index is 14.0. The lowest BCUT2D eigenvalue weighted by atomic mass is 9.88. The molecule has 2 heterocycles. The van der Waals surface area contributed by atoms with Gasteiger partial charge in [-0.25, -0.2) is 0 Å². The van der Waals surface area contributed by atoms with Gasteiger partial charge in [-0.15, -0.1) is 0 Å². The van der Waals surface area contributed by atoms with Crippen LogP contribution in [-0.4, -0.2) is 74.2 Å². The van der Waals surface area contributed by atoms with Crippen molar-refractivity contribution < 1.29 is 14.3 Å². The molecule has 5 heteroatoms. The second-order valence-corrected chi connectivity index (χ2v) is 8.74. The largest absolute Gasteiger partial charge is 0.379 e. The monoisotopic (exact) mass is 422 g/mol. The Balaban J connectivity index is 1.72. The first kappa shape index (κ1) is 22.2. The number of morpholine rings is 2. The zero-order valence-electron chi connectivity index (χ0n) is 18.7. The van der Waals surface area contributed by atoms with E-state index in [-0.39, 0.29) is 17.9 Å². The molecule has 2 aromatic carbocycles. The van der Waals surface area contributed by atoms with E-state index < -0.39 is 0 Å². The number of hydrogen-bond donors (Lipinski definition) is 0. The Labute approximate surface area is 185 Å². The van der Waals surface area contributed by atoms with Crippen LogP contribution in [0.25, 0.3) is 0 Å². The van der Waals surface area contributed by atoms with E-state index in [1.165, 1.54) is 11.1 Å². The summed E-state index contributed by atoms with van der Waals surface area (Å²) in [5.74, 6) is 0.641. The lowest BCUT2D eigenvalue weighted by Crippen LogP contribution is -2.55. The van der Waals surface area contributed by atoms with Gasteiger partial charge < -0.3 is 9.47 Å². The van der Waals surface area contributed by atoms with Gasteiger partial charge in [-0.1, -0.05) is 68.4 Å². The highest BCUT2D eigenvalue weighted by Gasteiger charge is 2.39. The van der Waals surface area contributed by atoms with Gasteiger partial charge in [0.25, 0.3) is 0 Å². The molecule has 31 heavy (non-hydrogen) atoms. The summed E-state index contributed by atoms with van der Waals surface area (Å²) in [5.41, 5.74) is 3.23. The molecule has 0 aliphatic carbocycles. The Morgan fingerprint density at radius 1 is 0.742 bits per heavy atom. The van der Waals surface area contributed by atoms with E-state index in [0.717, 1.165) is 31.7 Å². The van der Waals surface area contributed by atoms with Gasteiger partial charge in [0, 0.05) is 31.7 Å². The number of carbonyl (C=O) groups is 1. The minimum atomic E-state index is -0.255. The maximum Gasteiger partial charge on any atom is 0.181 e. The van der Waals surface area contributed by atoms with Gasteiger partial charge in [0.1, 0.15) is 0 Å². The first-order valence-electron chi connectivity index (χ1n) is 11.5. The van der Waals surface area contributed by atoms with Gasteiger partial charge in [-0.3, -0.25) is 14.6 Å². The molecule has 166 valence electrons. The average molecular weight is 423 g/mol. The Morgan fingerprint density at radius 2 is 1.29 bits per heavy atom. The molecule has 2 atom stereocenters. The Morgan fingerprint density at radius 3 is 1.84 bits per heavy atom. The van der Waals surface area contributed by atoms with E-state index in [9.17, 15) is 4.79 Å². The Hall–Kier alpha value is -2.05. The minimum Gasteiger partial charge on any atom is -0.379 e. The summed E-state index contributed by atoms with van der Waals surface area (Å²) in [6.45, 7) is 10.3. The summed E-state index contributed by atoms with van der Waals surface area (Å²) in [6, 6.07) is 18.4. The summed E-state index contributed by atoms with van der Waals surface area (Å²) >= 11 is 0. The zero-order valence-corrected chi connectivity index (χ0v) is 18.7. The van der Waals surface area contributed by atoms with E-state index in [4.69, 9.17) is 9.47 Å². The van der Waals surface area contributed by atoms with Crippen LogP contribution in [0.5, 0.6) is 0 Å². The summed E-state index contributed by atoms with van der Waals surface area (Å²) in [4.78, 5) is 18.8. The molecule has 2 aromatic rings. The molecule has 0 aromatic heterocycles. The SMILES string of the molecule is CC(C)c1ccc(C(=O)C(C(c2ccccc2)N2CCOCC2)N2CCOCC2)cc1. The van der Waals surface area contributed by atoms with Crippen LogP contribution in [0.2, 0.25) is 0 Å². The van der Waals surface area contributed by atoms with E-state index in [1.54, 1.807) is 0 Å². The standard InChI is InChI=1S/C26H34N2O3/c1-20(2)21-8-10-23(11-9-21)26(29)25(28-14-18-31-19-15-28)24(22-6-4-3-5-7-22)27-12-16-30-17-13-27/h3-11,20,24-25H,12-19H2,1-2H3. The van der Waals surface area contributed by atoms with E-state index in [1.807, 2.05) is 18.2 Å². The first-order chi connectivity index (χ1) is 15.1. The van der Waals surface area contributed by atoms with Gasteiger partial charge in [0.2, 0.25) is 0 Å². The van der Waals surface area contributed by atoms with Crippen molar-refractivity contribution in [2.24, 2.45) is 0 Å².